The van der Waals surface area contributed by atoms with Crippen LogP contribution >= 0.6 is 0 Å². The lowest BCUT2D eigenvalue weighted by molar-refractivity contribution is -0.0549. The molecule has 2 nitrogen and oxygen atoms in total. The van der Waals surface area contributed by atoms with Crippen molar-refractivity contribution >= 4 is 0 Å². The van der Waals surface area contributed by atoms with Gasteiger partial charge in [0.1, 0.15) is 11.9 Å². The third kappa shape index (κ3) is 2.94. The van der Waals surface area contributed by atoms with Crippen LogP contribution in [-0.2, 0) is 0 Å². The van der Waals surface area contributed by atoms with Gasteiger partial charge in [0.15, 0.2) is 0 Å². The van der Waals surface area contributed by atoms with E-state index in [1.54, 1.807) is 0 Å². The van der Waals surface area contributed by atoms with Crippen molar-refractivity contribution in [1.29, 1.82) is 0 Å². The lowest BCUT2D eigenvalue weighted by Gasteiger charge is -2.52. The summed E-state index contributed by atoms with van der Waals surface area (Å²) in [6, 6.07) is 7.01. The summed E-state index contributed by atoms with van der Waals surface area (Å²) < 4.78 is 6.22. The Morgan fingerprint density at radius 1 is 1.32 bits per heavy atom. The van der Waals surface area contributed by atoms with Crippen LogP contribution in [0.15, 0.2) is 18.2 Å². The maximum atomic E-state index is 6.22. The first-order valence-electron chi connectivity index (χ1n) is 7.42. The average molecular weight is 261 g/mol. The van der Waals surface area contributed by atoms with Gasteiger partial charge in [-0.05, 0) is 38.4 Å². The number of ether oxygens (including phenoxy) is 1. The van der Waals surface area contributed by atoms with Crippen LogP contribution in [0, 0.1) is 19.3 Å². The minimum Gasteiger partial charge on any atom is -0.489 e. The second-order valence-corrected chi connectivity index (χ2v) is 6.44. The first-order valence-corrected chi connectivity index (χ1v) is 7.42. The summed E-state index contributed by atoms with van der Waals surface area (Å²) in [7, 11) is 0. The number of aryl methyl sites for hydroxylation is 2. The van der Waals surface area contributed by atoms with Gasteiger partial charge in [-0.15, -0.1) is 0 Å². The van der Waals surface area contributed by atoms with E-state index < -0.39 is 0 Å². The highest BCUT2D eigenvalue weighted by Gasteiger charge is 2.49. The fourth-order valence-electron chi connectivity index (χ4n) is 2.84. The molecule has 0 spiro atoms. The normalized spacial score (nSPS) is 24.9. The van der Waals surface area contributed by atoms with E-state index in [1.807, 2.05) is 0 Å². The zero-order valence-corrected chi connectivity index (χ0v) is 12.9. The molecule has 2 heteroatoms. The highest BCUT2D eigenvalue weighted by molar-refractivity contribution is 5.36. The van der Waals surface area contributed by atoms with E-state index in [4.69, 9.17) is 4.74 Å². The molecule has 1 aliphatic carbocycles. The lowest BCUT2D eigenvalue weighted by Crippen LogP contribution is -2.62. The van der Waals surface area contributed by atoms with Crippen molar-refractivity contribution in [2.75, 3.05) is 6.54 Å². The van der Waals surface area contributed by atoms with Crippen LogP contribution in [0.4, 0.5) is 0 Å². The summed E-state index contributed by atoms with van der Waals surface area (Å²) in [5, 5.41) is 3.62. The molecule has 1 fully saturated rings. The van der Waals surface area contributed by atoms with Crippen LogP contribution in [-0.4, -0.2) is 18.7 Å². The van der Waals surface area contributed by atoms with Crippen LogP contribution in [0.1, 0.15) is 44.7 Å². The zero-order chi connectivity index (χ0) is 14.0. The molecule has 19 heavy (non-hydrogen) atoms. The number of hydrogen-bond acceptors (Lipinski definition) is 2. The summed E-state index contributed by atoms with van der Waals surface area (Å²) >= 11 is 0. The summed E-state index contributed by atoms with van der Waals surface area (Å²) in [5.41, 5.74) is 2.74. The first kappa shape index (κ1) is 14.4. The molecular formula is C17H27NO. The molecule has 0 heterocycles. The van der Waals surface area contributed by atoms with E-state index >= 15 is 0 Å². The molecule has 2 unspecified atom stereocenters. The lowest BCUT2D eigenvalue weighted by atomic mass is 9.64. The molecule has 0 bridgehead atoms. The predicted octanol–water partition coefficient (Wildman–Crippen LogP) is 3.85. The Hall–Kier alpha value is -1.02. The first-order chi connectivity index (χ1) is 8.95. The van der Waals surface area contributed by atoms with Crippen LogP contribution in [0.2, 0.25) is 0 Å². The minimum absolute atomic E-state index is 0.215. The van der Waals surface area contributed by atoms with Crippen molar-refractivity contribution in [1.82, 2.24) is 5.32 Å². The van der Waals surface area contributed by atoms with Crippen molar-refractivity contribution in [3.05, 3.63) is 29.3 Å². The van der Waals surface area contributed by atoms with E-state index in [0.717, 1.165) is 18.7 Å². The average Bonchev–Trinajstić information content (AvgIpc) is 2.35. The maximum Gasteiger partial charge on any atom is 0.122 e. The summed E-state index contributed by atoms with van der Waals surface area (Å²) in [6.45, 7) is 12.2. The van der Waals surface area contributed by atoms with E-state index in [9.17, 15) is 0 Å². The molecule has 0 radical (unpaired) electrons. The largest absolute Gasteiger partial charge is 0.489 e. The van der Waals surface area contributed by atoms with Gasteiger partial charge in [0.25, 0.3) is 0 Å². The molecular weight excluding hydrogens is 234 g/mol. The second-order valence-electron chi connectivity index (χ2n) is 6.44. The Balaban J connectivity index is 1.98. The summed E-state index contributed by atoms with van der Waals surface area (Å²) in [5.74, 6) is 1.04. The highest BCUT2D eigenvalue weighted by atomic mass is 16.5. The van der Waals surface area contributed by atoms with Gasteiger partial charge in [0, 0.05) is 17.9 Å². The molecule has 2 atom stereocenters. The van der Waals surface area contributed by atoms with Crippen molar-refractivity contribution in [2.24, 2.45) is 5.41 Å². The quantitative estimate of drug-likeness (QED) is 0.869. The molecule has 2 rings (SSSR count). The smallest absolute Gasteiger partial charge is 0.122 e. The molecule has 1 saturated carbocycles. The standard InChI is InChI=1S/C17H27NO/c1-6-9-18-15-11-16(17(15,4)5)19-14-8-7-12(2)10-13(14)3/h7-8,10,15-16,18H,6,9,11H2,1-5H3. The molecule has 1 aromatic carbocycles. The van der Waals surface area contributed by atoms with Gasteiger partial charge in [0.2, 0.25) is 0 Å². The third-order valence-electron chi connectivity index (χ3n) is 4.42. The Labute approximate surface area is 117 Å². The molecule has 1 aliphatic rings. The van der Waals surface area contributed by atoms with Crippen LogP contribution < -0.4 is 10.1 Å². The Morgan fingerprint density at radius 2 is 2.05 bits per heavy atom. The van der Waals surface area contributed by atoms with Gasteiger partial charge in [0.05, 0.1) is 0 Å². The number of rotatable bonds is 5. The van der Waals surface area contributed by atoms with Crippen molar-refractivity contribution < 1.29 is 4.74 Å². The summed E-state index contributed by atoms with van der Waals surface area (Å²) in [4.78, 5) is 0. The Bertz CT molecular complexity index is 439. The maximum absolute atomic E-state index is 6.22. The molecule has 1 aromatic rings. The van der Waals surface area contributed by atoms with Gasteiger partial charge in [-0.1, -0.05) is 38.5 Å². The Morgan fingerprint density at radius 3 is 2.63 bits per heavy atom. The van der Waals surface area contributed by atoms with Crippen molar-refractivity contribution in [2.45, 2.75) is 59.6 Å². The SMILES string of the molecule is CCCNC1CC(Oc2ccc(C)cc2C)C1(C)C. The van der Waals surface area contributed by atoms with Crippen LogP contribution in [0.25, 0.3) is 0 Å². The molecule has 1 N–H and O–H groups in total. The van der Waals surface area contributed by atoms with E-state index in [1.165, 1.54) is 17.5 Å². The fraction of sp³-hybridized carbons (Fsp3) is 0.647. The van der Waals surface area contributed by atoms with Crippen LogP contribution in [0.5, 0.6) is 5.75 Å². The molecule has 0 saturated heterocycles. The fourth-order valence-corrected chi connectivity index (χ4v) is 2.84. The van der Waals surface area contributed by atoms with Crippen LogP contribution in [0.3, 0.4) is 0 Å². The van der Waals surface area contributed by atoms with E-state index in [2.05, 4.69) is 58.1 Å². The molecule has 106 valence electrons. The van der Waals surface area contributed by atoms with Gasteiger partial charge in [-0.25, -0.2) is 0 Å². The van der Waals surface area contributed by atoms with Gasteiger partial charge in [-0.3, -0.25) is 0 Å². The Kier molecular flexibility index (Phi) is 4.19. The number of hydrogen-bond donors (Lipinski definition) is 1. The zero-order valence-electron chi connectivity index (χ0n) is 12.9. The predicted molar refractivity (Wildman–Crippen MR) is 80.8 cm³/mol. The van der Waals surface area contributed by atoms with E-state index in [0.29, 0.717) is 12.1 Å². The second kappa shape index (κ2) is 5.54. The number of nitrogens with one attached hydrogen (secondary N) is 1. The molecule has 0 amide bonds. The molecule has 0 aliphatic heterocycles. The van der Waals surface area contributed by atoms with Gasteiger partial charge in [-0.2, -0.15) is 0 Å². The third-order valence-corrected chi connectivity index (χ3v) is 4.42. The number of benzene rings is 1. The minimum atomic E-state index is 0.215. The highest BCUT2D eigenvalue weighted by Crippen LogP contribution is 2.43. The van der Waals surface area contributed by atoms with Crippen molar-refractivity contribution in [3.63, 3.8) is 0 Å². The van der Waals surface area contributed by atoms with Gasteiger partial charge < -0.3 is 10.1 Å². The topological polar surface area (TPSA) is 21.3 Å². The summed E-state index contributed by atoms with van der Waals surface area (Å²) in [6.07, 6.45) is 2.62. The monoisotopic (exact) mass is 261 g/mol. The molecule has 0 aromatic heterocycles. The van der Waals surface area contributed by atoms with Gasteiger partial charge >= 0.3 is 0 Å². The van der Waals surface area contributed by atoms with Crippen molar-refractivity contribution in [3.8, 4) is 5.75 Å². The van der Waals surface area contributed by atoms with E-state index in [-0.39, 0.29) is 5.41 Å².